The maximum Gasteiger partial charge on any atom is 0.322 e. The first kappa shape index (κ1) is 17.0. The zero-order valence-corrected chi connectivity index (χ0v) is 12.7. The van der Waals surface area contributed by atoms with Crippen molar-refractivity contribution in [2.45, 2.75) is 26.4 Å². The van der Waals surface area contributed by atoms with Crippen molar-refractivity contribution in [1.82, 2.24) is 10.2 Å². The summed E-state index contributed by atoms with van der Waals surface area (Å²) in [6.07, 6.45) is 0.227. The van der Waals surface area contributed by atoms with Gasteiger partial charge in [0, 0.05) is 19.3 Å². The number of likely N-dealkylation sites (N-methyl/N-ethyl adjacent to an activating group) is 1. The molecular formula is C15H23N3O3. The zero-order chi connectivity index (χ0) is 15.8. The van der Waals surface area contributed by atoms with Crippen LogP contribution in [0, 0.1) is 0 Å². The third-order valence-corrected chi connectivity index (χ3v) is 3.04. The van der Waals surface area contributed by atoms with Gasteiger partial charge in [0.2, 0.25) is 5.91 Å². The Kier molecular flexibility index (Phi) is 6.68. The summed E-state index contributed by atoms with van der Waals surface area (Å²) in [6, 6.07) is 6.64. The first-order valence-corrected chi connectivity index (χ1v) is 7.02. The number of hydrogen-bond donors (Lipinski definition) is 3. The molecule has 0 fully saturated rings. The summed E-state index contributed by atoms with van der Waals surface area (Å²) in [4.78, 5) is 25.0. The summed E-state index contributed by atoms with van der Waals surface area (Å²) in [5.41, 5.74) is 1.41. The molecule has 1 rings (SSSR count). The molecule has 0 aliphatic rings. The number of urea groups is 1. The molecule has 0 aromatic heterocycles. The van der Waals surface area contributed by atoms with Crippen LogP contribution in [-0.2, 0) is 4.79 Å². The highest BCUT2D eigenvalue weighted by Crippen LogP contribution is 2.16. The van der Waals surface area contributed by atoms with Gasteiger partial charge in [-0.3, -0.25) is 4.79 Å². The van der Waals surface area contributed by atoms with Crippen molar-refractivity contribution in [3.05, 3.63) is 29.8 Å². The van der Waals surface area contributed by atoms with Gasteiger partial charge in [0.05, 0.1) is 6.10 Å². The first-order valence-electron chi connectivity index (χ1n) is 7.02. The van der Waals surface area contributed by atoms with E-state index >= 15 is 0 Å². The fraction of sp³-hybridized carbons (Fsp3) is 0.467. The maximum atomic E-state index is 12.2. The van der Waals surface area contributed by atoms with E-state index in [4.69, 9.17) is 0 Å². The zero-order valence-electron chi connectivity index (χ0n) is 12.7. The lowest BCUT2D eigenvalue weighted by Gasteiger charge is -2.21. The number of carbonyl (C=O) groups excluding carboxylic acids is 2. The molecule has 0 radical (unpaired) electrons. The molecule has 21 heavy (non-hydrogen) atoms. The van der Waals surface area contributed by atoms with Crippen LogP contribution >= 0.6 is 0 Å². The fourth-order valence-electron chi connectivity index (χ4n) is 1.82. The van der Waals surface area contributed by atoms with Crippen LogP contribution in [0.2, 0.25) is 0 Å². The molecule has 1 unspecified atom stereocenters. The van der Waals surface area contributed by atoms with Crippen molar-refractivity contribution >= 4 is 17.6 Å². The highest BCUT2D eigenvalue weighted by Gasteiger charge is 2.15. The molecule has 0 saturated carbocycles. The SMILES string of the molecule is CCCN(CC(=O)NC)C(=O)Nc1ccc(C(C)O)cc1. The number of benzene rings is 1. The Balaban J connectivity index is 2.69. The van der Waals surface area contributed by atoms with Gasteiger partial charge < -0.3 is 20.6 Å². The minimum absolute atomic E-state index is 0.0297. The molecule has 3 N–H and O–H groups in total. The minimum atomic E-state index is -0.542. The molecule has 6 nitrogen and oxygen atoms in total. The smallest absolute Gasteiger partial charge is 0.322 e. The number of anilines is 1. The molecule has 6 heteroatoms. The van der Waals surface area contributed by atoms with Gasteiger partial charge in [-0.2, -0.15) is 0 Å². The van der Waals surface area contributed by atoms with Crippen LogP contribution in [0.1, 0.15) is 31.9 Å². The minimum Gasteiger partial charge on any atom is -0.389 e. The second-order valence-corrected chi connectivity index (χ2v) is 4.82. The molecule has 0 aliphatic carbocycles. The summed E-state index contributed by atoms with van der Waals surface area (Å²) in [5, 5.41) is 14.7. The maximum absolute atomic E-state index is 12.2. The van der Waals surface area contributed by atoms with Crippen molar-refractivity contribution in [2.24, 2.45) is 0 Å². The topological polar surface area (TPSA) is 81.7 Å². The Labute approximate surface area is 125 Å². The average Bonchev–Trinajstić information content (AvgIpc) is 2.47. The number of nitrogens with one attached hydrogen (secondary N) is 2. The van der Waals surface area contributed by atoms with Crippen LogP contribution in [0.15, 0.2) is 24.3 Å². The largest absolute Gasteiger partial charge is 0.389 e. The molecule has 1 atom stereocenters. The lowest BCUT2D eigenvalue weighted by Crippen LogP contribution is -2.42. The molecule has 116 valence electrons. The van der Waals surface area contributed by atoms with Gasteiger partial charge in [0.15, 0.2) is 0 Å². The number of rotatable bonds is 6. The summed E-state index contributed by atoms with van der Waals surface area (Å²) in [7, 11) is 1.54. The van der Waals surface area contributed by atoms with E-state index in [0.29, 0.717) is 12.2 Å². The molecule has 0 aliphatic heterocycles. The Bertz CT molecular complexity index is 472. The Morgan fingerprint density at radius 1 is 1.29 bits per heavy atom. The fourth-order valence-corrected chi connectivity index (χ4v) is 1.82. The number of aliphatic hydroxyl groups is 1. The van der Waals surface area contributed by atoms with Crippen molar-refractivity contribution in [1.29, 1.82) is 0 Å². The van der Waals surface area contributed by atoms with Gasteiger partial charge in [-0.15, -0.1) is 0 Å². The molecular weight excluding hydrogens is 270 g/mol. The molecule has 1 aromatic carbocycles. The number of amides is 3. The van der Waals surface area contributed by atoms with Crippen LogP contribution in [0.5, 0.6) is 0 Å². The number of hydrogen-bond acceptors (Lipinski definition) is 3. The van der Waals surface area contributed by atoms with Crippen LogP contribution in [-0.4, -0.2) is 42.1 Å². The lowest BCUT2D eigenvalue weighted by molar-refractivity contribution is -0.121. The predicted molar refractivity (Wildman–Crippen MR) is 82.0 cm³/mol. The van der Waals surface area contributed by atoms with Crippen molar-refractivity contribution in [3.8, 4) is 0 Å². The second-order valence-electron chi connectivity index (χ2n) is 4.82. The van der Waals surface area contributed by atoms with Gasteiger partial charge in [-0.1, -0.05) is 19.1 Å². The summed E-state index contributed by atoms with van der Waals surface area (Å²) in [5.74, 6) is -0.206. The third-order valence-electron chi connectivity index (χ3n) is 3.04. The van der Waals surface area contributed by atoms with Crippen LogP contribution < -0.4 is 10.6 Å². The van der Waals surface area contributed by atoms with Crippen molar-refractivity contribution < 1.29 is 14.7 Å². The monoisotopic (exact) mass is 293 g/mol. The van der Waals surface area contributed by atoms with E-state index in [0.717, 1.165) is 12.0 Å². The highest BCUT2D eigenvalue weighted by atomic mass is 16.3. The Hall–Kier alpha value is -2.08. The standard InChI is InChI=1S/C15H23N3O3/c1-4-9-18(10-14(20)16-3)15(21)17-13-7-5-12(6-8-13)11(2)19/h5-8,11,19H,4,9-10H2,1-3H3,(H,16,20)(H,17,21). The Morgan fingerprint density at radius 3 is 2.38 bits per heavy atom. The van der Waals surface area contributed by atoms with Crippen molar-refractivity contribution in [2.75, 3.05) is 25.5 Å². The second kappa shape index (κ2) is 8.26. The molecule has 0 bridgehead atoms. The average molecular weight is 293 g/mol. The summed E-state index contributed by atoms with van der Waals surface area (Å²) in [6.45, 7) is 4.16. The highest BCUT2D eigenvalue weighted by molar-refractivity contribution is 5.92. The van der Waals surface area contributed by atoms with E-state index in [1.807, 2.05) is 6.92 Å². The predicted octanol–water partition coefficient (Wildman–Crippen LogP) is 1.73. The van der Waals surface area contributed by atoms with Gasteiger partial charge >= 0.3 is 6.03 Å². The van der Waals surface area contributed by atoms with Crippen molar-refractivity contribution in [3.63, 3.8) is 0 Å². The van der Waals surface area contributed by atoms with Gasteiger partial charge in [0.25, 0.3) is 0 Å². The first-order chi connectivity index (χ1) is 9.97. The van der Waals surface area contributed by atoms with Gasteiger partial charge in [0.1, 0.15) is 6.54 Å². The number of aliphatic hydroxyl groups excluding tert-OH is 1. The van der Waals surface area contributed by atoms with Gasteiger partial charge in [-0.05, 0) is 31.0 Å². The van der Waals surface area contributed by atoms with E-state index in [-0.39, 0.29) is 18.5 Å². The molecule has 0 saturated heterocycles. The number of carbonyl (C=O) groups is 2. The quantitative estimate of drug-likeness (QED) is 0.747. The normalized spacial score (nSPS) is 11.6. The summed E-state index contributed by atoms with van der Waals surface area (Å²) < 4.78 is 0. The molecule has 3 amide bonds. The van der Waals surface area contributed by atoms with Crippen LogP contribution in [0.25, 0.3) is 0 Å². The molecule has 0 spiro atoms. The molecule has 0 heterocycles. The third kappa shape index (κ3) is 5.43. The Morgan fingerprint density at radius 2 is 1.90 bits per heavy atom. The summed E-state index contributed by atoms with van der Waals surface area (Å²) >= 11 is 0. The molecule has 1 aromatic rings. The van der Waals surface area contributed by atoms with E-state index in [2.05, 4.69) is 10.6 Å². The number of nitrogens with zero attached hydrogens (tertiary/aromatic N) is 1. The van der Waals surface area contributed by atoms with Crippen LogP contribution in [0.4, 0.5) is 10.5 Å². The van der Waals surface area contributed by atoms with E-state index in [1.165, 1.54) is 4.90 Å². The van der Waals surface area contributed by atoms with E-state index in [9.17, 15) is 14.7 Å². The van der Waals surface area contributed by atoms with Gasteiger partial charge in [-0.25, -0.2) is 4.79 Å². The van der Waals surface area contributed by atoms with E-state index < -0.39 is 6.10 Å². The van der Waals surface area contributed by atoms with Crippen LogP contribution in [0.3, 0.4) is 0 Å². The lowest BCUT2D eigenvalue weighted by atomic mass is 10.1. The van der Waals surface area contributed by atoms with E-state index in [1.54, 1.807) is 38.2 Å².